The van der Waals surface area contributed by atoms with E-state index >= 15 is 0 Å². The standard InChI is InChI=1S/C23H26N4O5S/c1-31-18-8-9-20(32-2)19(10-18)26-22(30)15-33-23-25-12-17(14-28)27(23)13-21(29)24-11-16-6-4-3-5-7-16/h3-10,12,28H,11,13-15H2,1-2H3,(H,24,29)(H,26,30). The molecule has 0 radical (unpaired) electrons. The van der Waals surface area contributed by atoms with Crippen molar-refractivity contribution >= 4 is 29.3 Å². The minimum absolute atomic E-state index is 0.0175. The molecule has 1 heterocycles. The summed E-state index contributed by atoms with van der Waals surface area (Å²) in [7, 11) is 3.06. The molecule has 0 unspecified atom stereocenters. The van der Waals surface area contributed by atoms with Crippen LogP contribution in [0.2, 0.25) is 0 Å². The fraction of sp³-hybridized carbons (Fsp3) is 0.261. The zero-order chi connectivity index (χ0) is 23.6. The molecule has 2 amide bonds. The predicted molar refractivity (Wildman–Crippen MR) is 125 cm³/mol. The Morgan fingerprint density at radius 1 is 1.09 bits per heavy atom. The van der Waals surface area contributed by atoms with E-state index in [1.807, 2.05) is 30.3 Å². The van der Waals surface area contributed by atoms with E-state index in [0.29, 0.717) is 34.6 Å². The Bertz CT molecular complexity index is 1090. The van der Waals surface area contributed by atoms with E-state index < -0.39 is 0 Å². The number of imidazole rings is 1. The van der Waals surface area contributed by atoms with Crippen molar-refractivity contribution < 1.29 is 24.2 Å². The minimum Gasteiger partial charge on any atom is -0.497 e. The van der Waals surface area contributed by atoms with Crippen LogP contribution in [0.1, 0.15) is 11.3 Å². The zero-order valence-electron chi connectivity index (χ0n) is 18.4. The SMILES string of the molecule is COc1ccc(OC)c(NC(=O)CSc2ncc(CO)n2CC(=O)NCc2ccccc2)c1. The summed E-state index contributed by atoms with van der Waals surface area (Å²) in [4.78, 5) is 29.2. The fourth-order valence-electron chi connectivity index (χ4n) is 3.03. The number of carbonyl (C=O) groups is 2. The Morgan fingerprint density at radius 2 is 1.88 bits per heavy atom. The highest BCUT2D eigenvalue weighted by Crippen LogP contribution is 2.29. The average molecular weight is 471 g/mol. The van der Waals surface area contributed by atoms with Crippen molar-refractivity contribution in [2.75, 3.05) is 25.3 Å². The first kappa shape index (κ1) is 24.1. The van der Waals surface area contributed by atoms with Gasteiger partial charge in [-0.15, -0.1) is 0 Å². The summed E-state index contributed by atoms with van der Waals surface area (Å²) in [5.41, 5.74) is 1.96. The van der Waals surface area contributed by atoms with Crippen LogP contribution in [-0.2, 0) is 29.3 Å². The second-order valence-electron chi connectivity index (χ2n) is 6.94. The molecule has 1 aromatic heterocycles. The third-order valence-corrected chi connectivity index (χ3v) is 5.70. The number of thioether (sulfide) groups is 1. The Labute approximate surface area is 196 Å². The summed E-state index contributed by atoms with van der Waals surface area (Å²) in [6, 6.07) is 14.7. The van der Waals surface area contributed by atoms with Crippen molar-refractivity contribution in [2.24, 2.45) is 0 Å². The van der Waals surface area contributed by atoms with Gasteiger partial charge in [-0.3, -0.25) is 9.59 Å². The number of carbonyl (C=O) groups excluding carboxylic acids is 2. The smallest absolute Gasteiger partial charge is 0.240 e. The largest absolute Gasteiger partial charge is 0.497 e. The normalized spacial score (nSPS) is 10.5. The first-order valence-electron chi connectivity index (χ1n) is 10.1. The lowest BCUT2D eigenvalue weighted by molar-refractivity contribution is -0.122. The molecule has 0 atom stereocenters. The number of ether oxygens (including phenoxy) is 2. The molecule has 3 aromatic rings. The molecule has 0 spiro atoms. The van der Waals surface area contributed by atoms with Crippen LogP contribution in [0.25, 0.3) is 0 Å². The highest BCUT2D eigenvalue weighted by molar-refractivity contribution is 7.99. The van der Waals surface area contributed by atoms with Gasteiger partial charge in [0, 0.05) is 12.6 Å². The average Bonchev–Trinajstić information content (AvgIpc) is 3.23. The number of aliphatic hydroxyl groups is 1. The molecule has 174 valence electrons. The van der Waals surface area contributed by atoms with E-state index in [0.717, 1.165) is 5.56 Å². The van der Waals surface area contributed by atoms with Crippen LogP contribution in [-0.4, -0.2) is 46.4 Å². The molecule has 0 aliphatic carbocycles. The molecule has 10 heteroatoms. The Balaban J connectivity index is 1.60. The number of nitrogens with one attached hydrogen (secondary N) is 2. The van der Waals surface area contributed by atoms with Gasteiger partial charge in [-0.25, -0.2) is 4.98 Å². The molecular formula is C23H26N4O5S. The lowest BCUT2D eigenvalue weighted by atomic mass is 10.2. The third kappa shape index (κ3) is 6.74. The van der Waals surface area contributed by atoms with Crippen molar-refractivity contribution in [3.63, 3.8) is 0 Å². The van der Waals surface area contributed by atoms with Crippen LogP contribution in [0.5, 0.6) is 11.5 Å². The number of rotatable bonds is 11. The van der Waals surface area contributed by atoms with Crippen molar-refractivity contribution in [2.45, 2.75) is 24.9 Å². The van der Waals surface area contributed by atoms with E-state index in [9.17, 15) is 14.7 Å². The molecule has 0 saturated heterocycles. The van der Waals surface area contributed by atoms with Gasteiger partial charge in [0.2, 0.25) is 11.8 Å². The molecule has 0 aliphatic rings. The van der Waals surface area contributed by atoms with Gasteiger partial charge in [0.1, 0.15) is 18.0 Å². The van der Waals surface area contributed by atoms with Gasteiger partial charge in [-0.1, -0.05) is 42.1 Å². The van der Waals surface area contributed by atoms with Crippen molar-refractivity contribution in [3.05, 3.63) is 66.0 Å². The molecular weight excluding hydrogens is 444 g/mol. The Kier molecular flexibility index (Phi) is 8.73. The van der Waals surface area contributed by atoms with Gasteiger partial charge in [-0.2, -0.15) is 0 Å². The minimum atomic E-state index is -0.278. The highest BCUT2D eigenvalue weighted by atomic mass is 32.2. The number of methoxy groups -OCH3 is 2. The van der Waals surface area contributed by atoms with E-state index in [2.05, 4.69) is 15.6 Å². The molecule has 2 aromatic carbocycles. The fourth-order valence-corrected chi connectivity index (χ4v) is 3.82. The molecule has 3 N–H and O–H groups in total. The van der Waals surface area contributed by atoms with Gasteiger partial charge in [0.15, 0.2) is 5.16 Å². The number of amides is 2. The first-order valence-corrected chi connectivity index (χ1v) is 11.1. The highest BCUT2D eigenvalue weighted by Gasteiger charge is 2.16. The summed E-state index contributed by atoms with van der Waals surface area (Å²) in [5.74, 6) is 0.643. The van der Waals surface area contributed by atoms with Crippen LogP contribution >= 0.6 is 11.8 Å². The van der Waals surface area contributed by atoms with E-state index in [1.165, 1.54) is 32.2 Å². The summed E-state index contributed by atoms with van der Waals surface area (Å²) < 4.78 is 12.1. The first-order chi connectivity index (χ1) is 16.0. The monoisotopic (exact) mass is 470 g/mol. The number of aromatic nitrogens is 2. The Morgan fingerprint density at radius 3 is 2.58 bits per heavy atom. The van der Waals surface area contributed by atoms with Crippen LogP contribution in [0.3, 0.4) is 0 Å². The summed E-state index contributed by atoms with van der Waals surface area (Å²) in [6.07, 6.45) is 1.50. The molecule has 9 nitrogen and oxygen atoms in total. The number of hydrogen-bond acceptors (Lipinski definition) is 7. The van der Waals surface area contributed by atoms with Crippen LogP contribution in [0.4, 0.5) is 5.69 Å². The van der Waals surface area contributed by atoms with Gasteiger partial charge < -0.3 is 29.8 Å². The summed E-state index contributed by atoms with van der Waals surface area (Å²) in [6.45, 7) is 0.110. The van der Waals surface area contributed by atoms with Crippen LogP contribution in [0, 0.1) is 0 Å². The molecule has 0 aliphatic heterocycles. The number of nitrogens with zero attached hydrogens (tertiary/aromatic N) is 2. The number of aliphatic hydroxyl groups excluding tert-OH is 1. The van der Waals surface area contributed by atoms with Crippen LogP contribution < -0.4 is 20.1 Å². The maximum Gasteiger partial charge on any atom is 0.240 e. The van der Waals surface area contributed by atoms with E-state index in [1.54, 1.807) is 22.8 Å². The molecule has 0 saturated carbocycles. The molecule has 3 rings (SSSR count). The summed E-state index contributed by atoms with van der Waals surface area (Å²) in [5, 5.41) is 15.7. The van der Waals surface area contributed by atoms with Crippen molar-refractivity contribution in [3.8, 4) is 11.5 Å². The predicted octanol–water partition coefficient (Wildman–Crippen LogP) is 2.44. The maximum atomic E-state index is 12.5. The maximum absolute atomic E-state index is 12.5. The zero-order valence-corrected chi connectivity index (χ0v) is 19.2. The van der Waals surface area contributed by atoms with Gasteiger partial charge in [-0.05, 0) is 17.7 Å². The Hall–Kier alpha value is -3.50. The number of benzene rings is 2. The van der Waals surface area contributed by atoms with Gasteiger partial charge >= 0.3 is 0 Å². The van der Waals surface area contributed by atoms with Crippen molar-refractivity contribution in [1.82, 2.24) is 14.9 Å². The quantitative estimate of drug-likeness (QED) is 0.369. The van der Waals surface area contributed by atoms with E-state index in [4.69, 9.17) is 9.47 Å². The summed E-state index contributed by atoms with van der Waals surface area (Å²) >= 11 is 1.17. The second-order valence-corrected chi connectivity index (χ2v) is 7.88. The lowest BCUT2D eigenvalue weighted by Gasteiger charge is -2.13. The van der Waals surface area contributed by atoms with Gasteiger partial charge in [0.25, 0.3) is 0 Å². The van der Waals surface area contributed by atoms with E-state index in [-0.39, 0.29) is 30.7 Å². The topological polar surface area (TPSA) is 115 Å². The molecule has 33 heavy (non-hydrogen) atoms. The third-order valence-electron chi connectivity index (χ3n) is 4.71. The lowest BCUT2D eigenvalue weighted by Crippen LogP contribution is -2.28. The number of anilines is 1. The number of hydrogen-bond donors (Lipinski definition) is 3. The molecule has 0 fully saturated rings. The van der Waals surface area contributed by atoms with Crippen LogP contribution in [0.15, 0.2) is 59.9 Å². The van der Waals surface area contributed by atoms with Crippen molar-refractivity contribution in [1.29, 1.82) is 0 Å². The second kappa shape index (κ2) is 11.9. The molecule has 0 bridgehead atoms. The van der Waals surface area contributed by atoms with Gasteiger partial charge in [0.05, 0.1) is 44.2 Å².